The highest BCUT2D eigenvalue weighted by atomic mass is 16.6. The molecule has 0 saturated carbocycles. The van der Waals surface area contributed by atoms with Crippen LogP contribution in [0.2, 0.25) is 0 Å². The molecule has 1 atom stereocenters. The third-order valence-electron chi connectivity index (χ3n) is 13.1. The summed E-state index contributed by atoms with van der Waals surface area (Å²) in [5.74, 6) is -0.867. The van der Waals surface area contributed by atoms with Crippen LogP contribution in [0.3, 0.4) is 0 Å². The molecule has 0 bridgehead atoms. The first kappa shape index (κ1) is 64.6. The highest BCUT2D eigenvalue weighted by Gasteiger charge is 2.19. The fourth-order valence-corrected chi connectivity index (χ4v) is 8.65. The summed E-state index contributed by atoms with van der Waals surface area (Å²) in [5.41, 5.74) is 0. The summed E-state index contributed by atoms with van der Waals surface area (Å²) >= 11 is 0. The zero-order chi connectivity index (χ0) is 48.6. The van der Waals surface area contributed by atoms with Crippen molar-refractivity contribution in [3.05, 3.63) is 36.5 Å². The van der Waals surface area contributed by atoms with E-state index >= 15 is 0 Å². The standard InChI is InChI=1S/C61H112O6/c1-4-7-10-13-16-19-22-25-28-29-30-31-34-36-39-42-45-48-51-54-60(63)66-57-58(67-61(64)55-52-49-46-43-40-37-33-27-24-21-18-15-12-9-6-3)56-65-59(62)53-50-47-44-41-38-35-32-26-23-20-17-14-11-8-5-2/h16,19,25,27-28,33,58H,4-15,17-18,20-24,26,29-32,34-57H2,1-3H3/b19-16-,28-25-,33-27-. The predicted molar refractivity (Wildman–Crippen MR) is 289 cm³/mol. The molecule has 0 saturated heterocycles. The van der Waals surface area contributed by atoms with Crippen LogP contribution in [0, 0.1) is 0 Å². The Morgan fingerprint density at radius 1 is 0.299 bits per heavy atom. The number of hydrogen-bond acceptors (Lipinski definition) is 6. The number of carbonyl (C=O) groups is 3. The van der Waals surface area contributed by atoms with E-state index in [1.165, 1.54) is 205 Å². The minimum absolute atomic E-state index is 0.0729. The fourth-order valence-electron chi connectivity index (χ4n) is 8.65. The second-order valence-corrected chi connectivity index (χ2v) is 19.9. The maximum atomic E-state index is 12.8. The van der Waals surface area contributed by atoms with Gasteiger partial charge in [-0.05, 0) is 77.0 Å². The van der Waals surface area contributed by atoms with Gasteiger partial charge in [-0.1, -0.05) is 256 Å². The molecule has 0 aromatic carbocycles. The molecular formula is C61H112O6. The highest BCUT2D eigenvalue weighted by molar-refractivity contribution is 5.71. The first-order valence-electron chi connectivity index (χ1n) is 29.5. The second kappa shape index (κ2) is 56.2. The Morgan fingerprint density at radius 2 is 0.537 bits per heavy atom. The third-order valence-corrected chi connectivity index (χ3v) is 13.1. The number of carbonyl (C=O) groups excluding carboxylic acids is 3. The van der Waals surface area contributed by atoms with E-state index in [2.05, 4.69) is 57.2 Å². The van der Waals surface area contributed by atoms with Gasteiger partial charge in [-0.3, -0.25) is 14.4 Å². The van der Waals surface area contributed by atoms with Gasteiger partial charge in [0.05, 0.1) is 0 Å². The minimum Gasteiger partial charge on any atom is -0.462 e. The zero-order valence-electron chi connectivity index (χ0n) is 44.9. The van der Waals surface area contributed by atoms with Crippen molar-refractivity contribution in [2.75, 3.05) is 13.2 Å². The second-order valence-electron chi connectivity index (χ2n) is 19.9. The first-order valence-corrected chi connectivity index (χ1v) is 29.5. The monoisotopic (exact) mass is 941 g/mol. The molecule has 0 amide bonds. The summed E-state index contributed by atoms with van der Waals surface area (Å²) in [6, 6.07) is 0. The molecule has 0 N–H and O–H groups in total. The van der Waals surface area contributed by atoms with Gasteiger partial charge in [0.15, 0.2) is 6.10 Å². The number of rotatable bonds is 54. The molecule has 6 nitrogen and oxygen atoms in total. The molecule has 67 heavy (non-hydrogen) atoms. The normalized spacial score (nSPS) is 12.2. The van der Waals surface area contributed by atoms with E-state index in [1.54, 1.807) is 0 Å². The van der Waals surface area contributed by atoms with E-state index in [1.807, 2.05) is 0 Å². The number of ether oxygens (including phenoxy) is 3. The van der Waals surface area contributed by atoms with Crippen LogP contribution < -0.4 is 0 Å². The minimum atomic E-state index is -0.775. The molecule has 1 unspecified atom stereocenters. The van der Waals surface area contributed by atoms with Crippen LogP contribution in [0.5, 0.6) is 0 Å². The lowest BCUT2D eigenvalue weighted by Crippen LogP contribution is -2.30. The van der Waals surface area contributed by atoms with Crippen LogP contribution in [-0.2, 0) is 28.6 Å². The van der Waals surface area contributed by atoms with Gasteiger partial charge in [0, 0.05) is 19.3 Å². The first-order chi connectivity index (χ1) is 33.0. The maximum absolute atomic E-state index is 12.8. The van der Waals surface area contributed by atoms with Gasteiger partial charge in [0.2, 0.25) is 0 Å². The van der Waals surface area contributed by atoms with E-state index < -0.39 is 6.10 Å². The van der Waals surface area contributed by atoms with Crippen molar-refractivity contribution in [3.63, 3.8) is 0 Å². The van der Waals surface area contributed by atoms with Crippen LogP contribution in [-0.4, -0.2) is 37.2 Å². The molecule has 0 aromatic rings. The van der Waals surface area contributed by atoms with Crippen LogP contribution in [0.15, 0.2) is 36.5 Å². The molecule has 0 aliphatic carbocycles. The Balaban J connectivity index is 4.34. The Hall–Kier alpha value is -2.37. The molecule has 0 heterocycles. The molecule has 6 heteroatoms. The summed E-state index contributed by atoms with van der Waals surface area (Å²) in [6.07, 6.45) is 67.0. The van der Waals surface area contributed by atoms with Gasteiger partial charge in [-0.2, -0.15) is 0 Å². The zero-order valence-corrected chi connectivity index (χ0v) is 44.9. The van der Waals surface area contributed by atoms with E-state index in [9.17, 15) is 14.4 Å². The number of hydrogen-bond donors (Lipinski definition) is 0. The van der Waals surface area contributed by atoms with Gasteiger partial charge in [0.25, 0.3) is 0 Å². The Kier molecular flexibility index (Phi) is 54.2. The van der Waals surface area contributed by atoms with E-state index in [0.29, 0.717) is 19.3 Å². The fraction of sp³-hybridized carbons (Fsp3) is 0.852. The summed E-state index contributed by atoms with van der Waals surface area (Å²) in [7, 11) is 0. The molecular weight excluding hydrogens is 829 g/mol. The molecule has 0 fully saturated rings. The smallest absolute Gasteiger partial charge is 0.306 e. The average Bonchev–Trinajstić information content (AvgIpc) is 3.33. The molecule has 392 valence electrons. The van der Waals surface area contributed by atoms with E-state index in [4.69, 9.17) is 14.2 Å². The van der Waals surface area contributed by atoms with Crippen molar-refractivity contribution in [2.45, 2.75) is 322 Å². The Labute approximate surface area is 416 Å². The molecule has 0 rings (SSSR count). The van der Waals surface area contributed by atoms with Gasteiger partial charge in [0.1, 0.15) is 13.2 Å². The Morgan fingerprint density at radius 3 is 0.866 bits per heavy atom. The number of esters is 3. The quantitative estimate of drug-likeness (QED) is 0.0262. The van der Waals surface area contributed by atoms with Crippen LogP contribution >= 0.6 is 0 Å². The van der Waals surface area contributed by atoms with Gasteiger partial charge in [-0.15, -0.1) is 0 Å². The van der Waals surface area contributed by atoms with Crippen molar-refractivity contribution in [2.24, 2.45) is 0 Å². The van der Waals surface area contributed by atoms with Crippen LogP contribution in [0.1, 0.15) is 316 Å². The van der Waals surface area contributed by atoms with Gasteiger partial charge < -0.3 is 14.2 Å². The Bertz CT molecular complexity index is 1130. The maximum Gasteiger partial charge on any atom is 0.306 e. The molecule has 0 aromatic heterocycles. The summed E-state index contributed by atoms with van der Waals surface area (Å²) in [5, 5.41) is 0. The molecule has 0 spiro atoms. The van der Waals surface area contributed by atoms with Gasteiger partial charge in [-0.25, -0.2) is 0 Å². The SMILES string of the molecule is CCCCC/C=C\C/C=C\CCCCCCCCCCCC(=O)OCC(COC(=O)CCCCCCCCCCCCCCCCC)OC(=O)CCCCCCC/C=C\CCCCCCCC. The van der Waals surface area contributed by atoms with Gasteiger partial charge >= 0.3 is 17.9 Å². The lowest BCUT2D eigenvalue weighted by atomic mass is 10.0. The topological polar surface area (TPSA) is 78.9 Å². The van der Waals surface area contributed by atoms with Crippen molar-refractivity contribution in [3.8, 4) is 0 Å². The lowest BCUT2D eigenvalue weighted by Gasteiger charge is -2.18. The number of unbranched alkanes of at least 4 members (excludes halogenated alkanes) is 37. The van der Waals surface area contributed by atoms with Crippen molar-refractivity contribution in [1.82, 2.24) is 0 Å². The number of allylic oxidation sites excluding steroid dienone is 6. The lowest BCUT2D eigenvalue weighted by molar-refractivity contribution is -0.167. The highest BCUT2D eigenvalue weighted by Crippen LogP contribution is 2.16. The largest absolute Gasteiger partial charge is 0.462 e. The van der Waals surface area contributed by atoms with Crippen LogP contribution in [0.25, 0.3) is 0 Å². The summed E-state index contributed by atoms with van der Waals surface area (Å²) in [6.45, 7) is 6.64. The van der Waals surface area contributed by atoms with E-state index in [0.717, 1.165) is 70.6 Å². The molecule has 0 aliphatic heterocycles. The van der Waals surface area contributed by atoms with Crippen molar-refractivity contribution in [1.29, 1.82) is 0 Å². The van der Waals surface area contributed by atoms with E-state index in [-0.39, 0.29) is 31.1 Å². The summed E-state index contributed by atoms with van der Waals surface area (Å²) in [4.78, 5) is 38.2. The van der Waals surface area contributed by atoms with Crippen LogP contribution in [0.4, 0.5) is 0 Å². The third kappa shape index (κ3) is 54.4. The average molecular weight is 942 g/mol. The summed E-state index contributed by atoms with van der Waals surface area (Å²) < 4.78 is 16.9. The molecule has 0 aliphatic rings. The predicted octanol–water partition coefficient (Wildman–Crippen LogP) is 19.7. The van der Waals surface area contributed by atoms with Crippen molar-refractivity contribution >= 4 is 17.9 Å². The van der Waals surface area contributed by atoms with Crippen molar-refractivity contribution < 1.29 is 28.6 Å². The molecule has 0 radical (unpaired) electrons.